The van der Waals surface area contributed by atoms with E-state index in [1.165, 1.54) is 12.8 Å². The van der Waals surface area contributed by atoms with Crippen LogP contribution < -0.4 is 5.73 Å². The number of nitrogens with two attached hydrogens (primary N) is 1. The first kappa shape index (κ1) is 16.8. The molecule has 0 aromatic heterocycles. The Labute approximate surface area is 133 Å². The van der Waals surface area contributed by atoms with Crippen LogP contribution in [0.4, 0.5) is 4.39 Å². The van der Waals surface area contributed by atoms with Crippen LogP contribution in [0.15, 0.2) is 18.2 Å². The van der Waals surface area contributed by atoms with Crippen LogP contribution in [-0.2, 0) is 6.42 Å². The first-order valence-corrected chi connectivity index (χ1v) is 8.35. The second kappa shape index (κ2) is 6.66. The van der Waals surface area contributed by atoms with Crippen molar-refractivity contribution in [3.63, 3.8) is 0 Å². The fourth-order valence-corrected chi connectivity index (χ4v) is 3.73. The molecule has 3 heteroatoms. The summed E-state index contributed by atoms with van der Waals surface area (Å²) in [5.74, 6) is 0.976. The van der Waals surface area contributed by atoms with Gasteiger partial charge in [0.05, 0.1) is 5.02 Å². The Morgan fingerprint density at radius 2 is 1.86 bits per heavy atom. The largest absolute Gasteiger partial charge is 0.327 e. The molecule has 1 aliphatic rings. The fourth-order valence-electron chi connectivity index (χ4n) is 3.54. The smallest absolute Gasteiger partial charge is 0.145 e. The van der Waals surface area contributed by atoms with Gasteiger partial charge in [0, 0.05) is 6.04 Å². The van der Waals surface area contributed by atoms with Gasteiger partial charge in [-0.2, -0.15) is 0 Å². The molecule has 1 nitrogen and oxygen atoms in total. The van der Waals surface area contributed by atoms with E-state index in [-0.39, 0.29) is 16.9 Å². The van der Waals surface area contributed by atoms with Gasteiger partial charge in [0.1, 0.15) is 5.82 Å². The number of hydrogen-bond acceptors (Lipinski definition) is 1. The Kier molecular flexibility index (Phi) is 5.32. The first-order chi connectivity index (χ1) is 9.79. The topological polar surface area (TPSA) is 26.0 Å². The number of halogens is 2. The van der Waals surface area contributed by atoms with Crippen LogP contribution >= 0.6 is 11.6 Å². The molecule has 1 saturated carbocycles. The number of benzene rings is 1. The maximum atomic E-state index is 14.0. The Morgan fingerprint density at radius 1 is 1.24 bits per heavy atom. The van der Waals surface area contributed by atoms with Gasteiger partial charge in [0.15, 0.2) is 0 Å². The van der Waals surface area contributed by atoms with Crippen molar-refractivity contribution in [1.29, 1.82) is 0 Å². The van der Waals surface area contributed by atoms with E-state index >= 15 is 0 Å². The quantitative estimate of drug-likeness (QED) is 0.815. The molecule has 1 aromatic carbocycles. The normalized spacial score (nSPS) is 24.9. The molecule has 0 saturated heterocycles. The van der Waals surface area contributed by atoms with Crippen LogP contribution in [0.25, 0.3) is 0 Å². The van der Waals surface area contributed by atoms with Crippen molar-refractivity contribution in [2.24, 2.45) is 23.0 Å². The van der Waals surface area contributed by atoms with Gasteiger partial charge in [0.25, 0.3) is 0 Å². The van der Waals surface area contributed by atoms with E-state index < -0.39 is 0 Å². The number of hydrogen-bond donors (Lipinski definition) is 1. The summed E-state index contributed by atoms with van der Waals surface area (Å²) in [7, 11) is 0. The highest BCUT2D eigenvalue weighted by atomic mass is 35.5. The minimum Gasteiger partial charge on any atom is -0.327 e. The number of rotatable bonds is 3. The average molecular weight is 312 g/mol. The summed E-state index contributed by atoms with van der Waals surface area (Å²) in [5, 5.41) is 0.191. The lowest BCUT2D eigenvalue weighted by molar-refractivity contribution is 0.139. The Bertz CT molecular complexity index is 473. The van der Waals surface area contributed by atoms with E-state index in [0.29, 0.717) is 23.3 Å². The third-order valence-electron chi connectivity index (χ3n) is 5.09. The second-order valence-corrected chi connectivity index (χ2v) is 7.97. The highest BCUT2D eigenvalue weighted by molar-refractivity contribution is 6.30. The maximum absolute atomic E-state index is 14.0. The fraction of sp³-hybridized carbons (Fsp3) is 0.667. The van der Waals surface area contributed by atoms with E-state index in [4.69, 9.17) is 17.3 Å². The summed E-state index contributed by atoms with van der Waals surface area (Å²) >= 11 is 5.84. The zero-order chi connectivity index (χ0) is 15.6. The van der Waals surface area contributed by atoms with Crippen molar-refractivity contribution in [2.45, 2.75) is 58.9 Å². The van der Waals surface area contributed by atoms with Gasteiger partial charge in [0.2, 0.25) is 0 Å². The summed E-state index contributed by atoms with van der Waals surface area (Å²) < 4.78 is 14.0. The van der Waals surface area contributed by atoms with Crippen molar-refractivity contribution in [1.82, 2.24) is 0 Å². The molecule has 118 valence electrons. The average Bonchev–Trinajstić information content (AvgIpc) is 2.43. The second-order valence-electron chi connectivity index (χ2n) is 7.56. The van der Waals surface area contributed by atoms with Crippen molar-refractivity contribution in [3.8, 4) is 0 Å². The zero-order valence-corrected chi connectivity index (χ0v) is 14.1. The summed E-state index contributed by atoms with van der Waals surface area (Å²) in [5.41, 5.74) is 7.37. The highest BCUT2D eigenvalue weighted by Gasteiger charge is 2.32. The molecular weight excluding hydrogens is 285 g/mol. The molecule has 0 bridgehead atoms. The van der Waals surface area contributed by atoms with E-state index in [1.54, 1.807) is 18.2 Å². The van der Waals surface area contributed by atoms with Crippen molar-refractivity contribution in [2.75, 3.05) is 0 Å². The van der Waals surface area contributed by atoms with Crippen molar-refractivity contribution in [3.05, 3.63) is 34.6 Å². The van der Waals surface area contributed by atoms with Gasteiger partial charge in [-0.15, -0.1) is 0 Å². The van der Waals surface area contributed by atoms with Crippen LogP contribution in [0.2, 0.25) is 5.02 Å². The van der Waals surface area contributed by atoms with E-state index in [1.807, 2.05) is 0 Å². The van der Waals surface area contributed by atoms with Crippen LogP contribution in [0, 0.1) is 23.1 Å². The predicted octanol–water partition coefficient (Wildman–Crippen LogP) is 5.20. The molecule has 1 aliphatic carbocycles. The van der Waals surface area contributed by atoms with Gasteiger partial charge in [-0.3, -0.25) is 0 Å². The molecule has 1 atom stereocenters. The highest BCUT2D eigenvalue weighted by Crippen LogP contribution is 2.40. The first-order valence-electron chi connectivity index (χ1n) is 7.97. The lowest BCUT2D eigenvalue weighted by atomic mass is 9.68. The molecular formula is C18H27ClFN. The third kappa shape index (κ3) is 4.20. The lowest BCUT2D eigenvalue weighted by Gasteiger charge is -2.38. The Morgan fingerprint density at radius 3 is 2.43 bits per heavy atom. The molecule has 0 radical (unpaired) electrons. The monoisotopic (exact) mass is 311 g/mol. The molecule has 21 heavy (non-hydrogen) atoms. The van der Waals surface area contributed by atoms with E-state index in [2.05, 4.69) is 20.8 Å². The maximum Gasteiger partial charge on any atom is 0.145 e. The molecule has 0 amide bonds. The van der Waals surface area contributed by atoms with Crippen molar-refractivity contribution < 1.29 is 4.39 Å². The van der Waals surface area contributed by atoms with Gasteiger partial charge in [-0.05, 0) is 61.0 Å². The van der Waals surface area contributed by atoms with Crippen molar-refractivity contribution >= 4 is 11.6 Å². The van der Waals surface area contributed by atoms with Gasteiger partial charge >= 0.3 is 0 Å². The van der Waals surface area contributed by atoms with Gasteiger partial charge in [-0.1, -0.05) is 44.5 Å². The van der Waals surface area contributed by atoms with Crippen LogP contribution in [0.5, 0.6) is 0 Å². The standard InChI is InChI=1S/C18H27ClFN/c1-18(2,3)14-9-7-12(8-10-14)16(21)11-13-5-4-6-15(19)17(13)20/h4-6,12,14,16H,7-11,21H2,1-3H3. The summed E-state index contributed by atoms with van der Waals surface area (Å²) in [4.78, 5) is 0. The molecule has 0 heterocycles. The summed E-state index contributed by atoms with van der Waals surface area (Å²) in [6.07, 6.45) is 5.37. The van der Waals surface area contributed by atoms with E-state index in [9.17, 15) is 4.39 Å². The summed E-state index contributed by atoms with van der Waals surface area (Å²) in [6, 6.07) is 5.20. The summed E-state index contributed by atoms with van der Waals surface area (Å²) in [6.45, 7) is 6.96. The molecule has 1 unspecified atom stereocenters. The lowest BCUT2D eigenvalue weighted by Crippen LogP contribution is -2.37. The molecule has 2 rings (SSSR count). The Hall–Kier alpha value is -0.600. The third-order valence-corrected chi connectivity index (χ3v) is 5.38. The van der Waals surface area contributed by atoms with Crippen LogP contribution in [-0.4, -0.2) is 6.04 Å². The van der Waals surface area contributed by atoms with Crippen LogP contribution in [0.3, 0.4) is 0 Å². The molecule has 2 N–H and O–H groups in total. The molecule has 0 spiro atoms. The minimum atomic E-state index is -0.307. The van der Waals surface area contributed by atoms with Crippen LogP contribution in [0.1, 0.15) is 52.0 Å². The minimum absolute atomic E-state index is 0.0267. The van der Waals surface area contributed by atoms with Gasteiger partial charge < -0.3 is 5.73 Å². The zero-order valence-electron chi connectivity index (χ0n) is 13.3. The molecule has 0 aliphatic heterocycles. The Balaban J connectivity index is 1.93. The molecule has 1 fully saturated rings. The predicted molar refractivity (Wildman–Crippen MR) is 88.0 cm³/mol. The van der Waals surface area contributed by atoms with E-state index in [0.717, 1.165) is 18.8 Å². The van der Waals surface area contributed by atoms with Gasteiger partial charge in [-0.25, -0.2) is 4.39 Å². The molecule has 1 aromatic rings. The SMILES string of the molecule is CC(C)(C)C1CCC(C(N)Cc2cccc(Cl)c2F)CC1.